The molecule has 0 spiro atoms. The molecule has 0 saturated carbocycles. The van der Waals surface area contributed by atoms with Gasteiger partial charge in [-0.3, -0.25) is 0 Å². The van der Waals surface area contributed by atoms with Gasteiger partial charge in [-0.1, -0.05) is 0 Å². The molecule has 0 aromatic heterocycles. The standard InChI is InChI=1S/C10H23NO4S/c1-3-15-9-10-16(13,14)11(2)7-5-4-6-8-12/h12H,3-10H2,1-2H3. The molecular weight excluding hydrogens is 230 g/mol. The Kier molecular flexibility index (Phi) is 8.83. The van der Waals surface area contributed by atoms with Crippen molar-refractivity contribution >= 4 is 10.0 Å². The van der Waals surface area contributed by atoms with Crippen LogP contribution in [0.5, 0.6) is 0 Å². The van der Waals surface area contributed by atoms with Gasteiger partial charge in [0.15, 0.2) is 0 Å². The number of ether oxygens (including phenoxy) is 1. The molecule has 5 nitrogen and oxygen atoms in total. The second-order valence-electron chi connectivity index (χ2n) is 3.62. The van der Waals surface area contributed by atoms with Gasteiger partial charge in [0.2, 0.25) is 10.0 Å². The van der Waals surface area contributed by atoms with E-state index in [1.165, 1.54) is 4.31 Å². The Labute approximate surface area is 98.5 Å². The molecule has 0 bridgehead atoms. The summed E-state index contributed by atoms with van der Waals surface area (Å²) in [7, 11) is -1.59. The number of hydrogen-bond acceptors (Lipinski definition) is 4. The number of rotatable bonds is 10. The van der Waals surface area contributed by atoms with Crippen LogP contribution in [0.2, 0.25) is 0 Å². The molecule has 0 atom stereocenters. The van der Waals surface area contributed by atoms with Crippen LogP contribution >= 0.6 is 0 Å². The minimum atomic E-state index is -3.17. The van der Waals surface area contributed by atoms with Gasteiger partial charge in [0.05, 0.1) is 12.4 Å². The number of aliphatic hydroxyl groups is 1. The summed E-state index contributed by atoms with van der Waals surface area (Å²) in [6.45, 7) is 3.30. The van der Waals surface area contributed by atoms with Gasteiger partial charge in [0.25, 0.3) is 0 Å². The van der Waals surface area contributed by atoms with Crippen molar-refractivity contribution in [3.05, 3.63) is 0 Å². The summed E-state index contributed by atoms with van der Waals surface area (Å²) < 4.78 is 29.7. The second-order valence-corrected chi connectivity index (χ2v) is 5.81. The Balaban J connectivity index is 3.81. The van der Waals surface area contributed by atoms with Crippen molar-refractivity contribution in [2.24, 2.45) is 0 Å². The van der Waals surface area contributed by atoms with Crippen LogP contribution in [0, 0.1) is 0 Å². The van der Waals surface area contributed by atoms with E-state index in [4.69, 9.17) is 9.84 Å². The molecule has 6 heteroatoms. The van der Waals surface area contributed by atoms with E-state index in [0.717, 1.165) is 19.3 Å². The fourth-order valence-corrected chi connectivity index (χ4v) is 2.27. The Hall–Kier alpha value is -0.170. The third-order valence-electron chi connectivity index (χ3n) is 2.30. The lowest BCUT2D eigenvalue weighted by Gasteiger charge is -2.16. The van der Waals surface area contributed by atoms with Gasteiger partial charge in [-0.05, 0) is 26.2 Å². The van der Waals surface area contributed by atoms with Crippen molar-refractivity contribution in [1.82, 2.24) is 4.31 Å². The molecule has 0 aliphatic heterocycles. The largest absolute Gasteiger partial charge is 0.396 e. The minimum Gasteiger partial charge on any atom is -0.396 e. The molecule has 16 heavy (non-hydrogen) atoms. The minimum absolute atomic E-state index is 0.0390. The molecule has 0 aromatic rings. The van der Waals surface area contributed by atoms with Crippen LogP contribution in [0.15, 0.2) is 0 Å². The van der Waals surface area contributed by atoms with E-state index in [1.54, 1.807) is 7.05 Å². The zero-order valence-corrected chi connectivity index (χ0v) is 11.0. The second kappa shape index (κ2) is 8.92. The zero-order valence-electron chi connectivity index (χ0n) is 10.2. The zero-order chi connectivity index (χ0) is 12.4. The predicted molar refractivity (Wildman–Crippen MR) is 63.8 cm³/mol. The van der Waals surface area contributed by atoms with Crippen molar-refractivity contribution in [2.75, 3.05) is 39.2 Å². The van der Waals surface area contributed by atoms with Gasteiger partial charge < -0.3 is 9.84 Å². The Bertz CT molecular complexity index is 254. The molecule has 0 aliphatic carbocycles. The van der Waals surface area contributed by atoms with Gasteiger partial charge in [-0.25, -0.2) is 12.7 Å². The molecule has 98 valence electrons. The van der Waals surface area contributed by atoms with Crippen molar-refractivity contribution < 1.29 is 18.3 Å². The number of aliphatic hydroxyl groups excluding tert-OH is 1. The fraction of sp³-hybridized carbons (Fsp3) is 1.00. The van der Waals surface area contributed by atoms with Gasteiger partial charge in [0.1, 0.15) is 0 Å². The molecule has 0 amide bonds. The molecule has 0 fully saturated rings. The Morgan fingerprint density at radius 1 is 1.25 bits per heavy atom. The quantitative estimate of drug-likeness (QED) is 0.574. The van der Waals surface area contributed by atoms with Crippen molar-refractivity contribution in [3.63, 3.8) is 0 Å². The lowest BCUT2D eigenvalue weighted by atomic mass is 10.2. The first-order chi connectivity index (χ1) is 7.54. The highest BCUT2D eigenvalue weighted by Gasteiger charge is 2.16. The maximum Gasteiger partial charge on any atom is 0.216 e. The highest BCUT2D eigenvalue weighted by Crippen LogP contribution is 2.03. The maximum absolute atomic E-state index is 11.7. The van der Waals surface area contributed by atoms with E-state index in [9.17, 15) is 8.42 Å². The SMILES string of the molecule is CCOCCS(=O)(=O)N(C)CCCCCO. The molecule has 0 heterocycles. The van der Waals surface area contributed by atoms with Crippen LogP contribution < -0.4 is 0 Å². The molecular formula is C10H23NO4S. The first-order valence-electron chi connectivity index (χ1n) is 5.67. The normalized spacial score (nSPS) is 12.2. The fourth-order valence-electron chi connectivity index (χ4n) is 1.23. The van der Waals surface area contributed by atoms with E-state index in [0.29, 0.717) is 13.2 Å². The first-order valence-corrected chi connectivity index (χ1v) is 7.28. The van der Waals surface area contributed by atoms with Crippen molar-refractivity contribution in [3.8, 4) is 0 Å². The van der Waals surface area contributed by atoms with Crippen LogP contribution in [-0.2, 0) is 14.8 Å². The average Bonchev–Trinajstić information content (AvgIpc) is 2.24. The lowest BCUT2D eigenvalue weighted by Crippen LogP contribution is -2.31. The number of nitrogens with zero attached hydrogens (tertiary/aromatic N) is 1. The van der Waals surface area contributed by atoms with Crippen LogP contribution in [0.1, 0.15) is 26.2 Å². The maximum atomic E-state index is 11.7. The summed E-state index contributed by atoms with van der Waals surface area (Å²) in [6, 6.07) is 0. The first kappa shape index (κ1) is 15.8. The van der Waals surface area contributed by atoms with E-state index in [1.807, 2.05) is 6.92 Å². The molecule has 0 saturated heterocycles. The van der Waals surface area contributed by atoms with E-state index in [2.05, 4.69) is 0 Å². The van der Waals surface area contributed by atoms with Crippen LogP contribution in [0.25, 0.3) is 0 Å². The van der Waals surface area contributed by atoms with Gasteiger partial charge >= 0.3 is 0 Å². The van der Waals surface area contributed by atoms with Crippen LogP contribution in [0.3, 0.4) is 0 Å². The lowest BCUT2D eigenvalue weighted by molar-refractivity contribution is 0.162. The summed E-state index contributed by atoms with van der Waals surface area (Å²) in [4.78, 5) is 0. The number of sulfonamides is 1. The van der Waals surface area contributed by atoms with Crippen molar-refractivity contribution in [1.29, 1.82) is 0 Å². The molecule has 0 rings (SSSR count). The average molecular weight is 253 g/mol. The summed E-state index contributed by atoms with van der Waals surface area (Å²) in [5.41, 5.74) is 0. The third-order valence-corrected chi connectivity index (χ3v) is 4.11. The summed E-state index contributed by atoms with van der Waals surface area (Å²) in [5, 5.41) is 8.59. The smallest absolute Gasteiger partial charge is 0.216 e. The molecule has 0 aliphatic rings. The summed E-state index contributed by atoms with van der Waals surface area (Å²) in [5.74, 6) is 0.0390. The monoisotopic (exact) mass is 253 g/mol. The van der Waals surface area contributed by atoms with E-state index < -0.39 is 10.0 Å². The third kappa shape index (κ3) is 7.16. The molecule has 0 aromatic carbocycles. The Morgan fingerprint density at radius 3 is 2.50 bits per heavy atom. The number of unbranched alkanes of at least 4 members (excludes halogenated alkanes) is 2. The van der Waals surface area contributed by atoms with Crippen LogP contribution in [0.4, 0.5) is 0 Å². The van der Waals surface area contributed by atoms with Crippen molar-refractivity contribution in [2.45, 2.75) is 26.2 Å². The van der Waals surface area contributed by atoms with Gasteiger partial charge in [-0.15, -0.1) is 0 Å². The summed E-state index contributed by atoms with van der Waals surface area (Å²) in [6.07, 6.45) is 2.36. The van der Waals surface area contributed by atoms with Crippen LogP contribution in [-0.4, -0.2) is 57.0 Å². The Morgan fingerprint density at radius 2 is 1.94 bits per heavy atom. The van der Waals surface area contributed by atoms with Gasteiger partial charge in [-0.2, -0.15) is 0 Å². The van der Waals surface area contributed by atoms with E-state index >= 15 is 0 Å². The van der Waals surface area contributed by atoms with E-state index in [-0.39, 0.29) is 19.0 Å². The number of hydrogen-bond donors (Lipinski definition) is 1. The predicted octanol–water partition coefficient (Wildman–Crippen LogP) is 0.447. The molecule has 1 N–H and O–H groups in total. The topological polar surface area (TPSA) is 66.8 Å². The van der Waals surface area contributed by atoms with Gasteiger partial charge in [0, 0.05) is 26.8 Å². The highest BCUT2D eigenvalue weighted by molar-refractivity contribution is 7.89. The molecule has 0 radical (unpaired) electrons. The highest BCUT2D eigenvalue weighted by atomic mass is 32.2. The summed E-state index contributed by atoms with van der Waals surface area (Å²) >= 11 is 0. The molecule has 0 unspecified atom stereocenters.